The first-order valence-electron chi connectivity index (χ1n) is 7.69. The standard InChI is InChI=1S/C16H31N5S.HI/c1-12(2)14-13(10-21(7)19-14)9-20(6)15(17-5)18-11-16(3,4)22-8;/h10,12H,9,11H2,1-8H3,(H,17,18);1H. The molecule has 0 atom stereocenters. The molecule has 1 aromatic heterocycles. The first-order valence-corrected chi connectivity index (χ1v) is 8.92. The van der Waals surface area contributed by atoms with Crippen LogP contribution in [-0.4, -0.2) is 52.3 Å². The third-order valence-electron chi connectivity index (χ3n) is 3.69. The van der Waals surface area contributed by atoms with Crippen molar-refractivity contribution in [1.29, 1.82) is 0 Å². The van der Waals surface area contributed by atoms with Crippen molar-refractivity contribution in [3.8, 4) is 0 Å². The van der Waals surface area contributed by atoms with Crippen LogP contribution in [0.25, 0.3) is 0 Å². The fraction of sp³-hybridized carbons (Fsp3) is 0.750. The van der Waals surface area contributed by atoms with Gasteiger partial charge in [-0.1, -0.05) is 13.8 Å². The summed E-state index contributed by atoms with van der Waals surface area (Å²) >= 11 is 1.86. The molecule has 0 bridgehead atoms. The average Bonchev–Trinajstić information content (AvgIpc) is 2.80. The SMILES string of the molecule is CN=C(NCC(C)(C)SC)N(C)Cc1cn(C)nc1C(C)C.I. The fourth-order valence-corrected chi connectivity index (χ4v) is 2.46. The molecule has 1 rings (SSSR count). The number of aromatic nitrogens is 2. The number of rotatable bonds is 6. The van der Waals surface area contributed by atoms with Crippen LogP contribution in [0, 0.1) is 0 Å². The van der Waals surface area contributed by atoms with Gasteiger partial charge in [0.15, 0.2) is 5.96 Å². The zero-order chi connectivity index (χ0) is 16.9. The predicted molar refractivity (Wildman–Crippen MR) is 113 cm³/mol. The molecule has 0 aromatic carbocycles. The number of thioether (sulfide) groups is 1. The first-order chi connectivity index (χ1) is 10.2. The minimum atomic E-state index is 0. The van der Waals surface area contributed by atoms with Crippen molar-refractivity contribution < 1.29 is 0 Å². The number of hydrogen-bond acceptors (Lipinski definition) is 3. The zero-order valence-corrected chi connectivity index (χ0v) is 18.8. The summed E-state index contributed by atoms with van der Waals surface area (Å²) in [5, 5.41) is 8.04. The van der Waals surface area contributed by atoms with E-state index in [4.69, 9.17) is 0 Å². The molecule has 0 spiro atoms. The van der Waals surface area contributed by atoms with Crippen LogP contribution in [-0.2, 0) is 13.6 Å². The van der Waals surface area contributed by atoms with Crippen molar-refractivity contribution in [1.82, 2.24) is 20.0 Å². The Balaban J connectivity index is 0.00000484. The summed E-state index contributed by atoms with van der Waals surface area (Å²) in [4.78, 5) is 6.55. The van der Waals surface area contributed by atoms with Gasteiger partial charge in [-0.3, -0.25) is 9.67 Å². The molecule has 0 amide bonds. The molecule has 1 aromatic rings. The lowest BCUT2D eigenvalue weighted by Gasteiger charge is -2.27. The molecule has 0 saturated heterocycles. The molecule has 0 unspecified atom stereocenters. The van der Waals surface area contributed by atoms with Crippen LogP contribution in [0.1, 0.15) is 44.9 Å². The Morgan fingerprint density at radius 3 is 2.57 bits per heavy atom. The Kier molecular flexibility index (Phi) is 9.57. The number of nitrogens with zero attached hydrogens (tertiary/aromatic N) is 4. The Hall–Kier alpha value is -0.440. The van der Waals surface area contributed by atoms with E-state index in [9.17, 15) is 0 Å². The number of halogens is 1. The summed E-state index contributed by atoms with van der Waals surface area (Å²) in [6.45, 7) is 10.5. The smallest absolute Gasteiger partial charge is 0.193 e. The molecule has 7 heteroatoms. The highest BCUT2D eigenvalue weighted by Crippen LogP contribution is 2.20. The maximum absolute atomic E-state index is 4.57. The molecule has 5 nitrogen and oxygen atoms in total. The second kappa shape index (κ2) is 9.76. The topological polar surface area (TPSA) is 45.5 Å². The molecule has 23 heavy (non-hydrogen) atoms. The lowest BCUT2D eigenvalue weighted by molar-refractivity contribution is 0.468. The van der Waals surface area contributed by atoms with E-state index in [1.807, 2.05) is 30.5 Å². The molecule has 0 aliphatic heterocycles. The van der Waals surface area contributed by atoms with Gasteiger partial charge < -0.3 is 10.2 Å². The van der Waals surface area contributed by atoms with E-state index >= 15 is 0 Å². The lowest BCUT2D eigenvalue weighted by atomic mass is 10.1. The number of aliphatic imine (C=N–C) groups is 1. The summed E-state index contributed by atoms with van der Waals surface area (Å²) in [7, 11) is 5.87. The molecule has 0 aliphatic rings. The molecule has 0 fully saturated rings. The van der Waals surface area contributed by atoms with Crippen molar-refractivity contribution in [2.75, 3.05) is 26.9 Å². The van der Waals surface area contributed by atoms with Crippen molar-refractivity contribution in [3.05, 3.63) is 17.5 Å². The van der Waals surface area contributed by atoms with Gasteiger partial charge >= 0.3 is 0 Å². The highest BCUT2D eigenvalue weighted by Gasteiger charge is 2.19. The van der Waals surface area contributed by atoms with Crippen LogP contribution in [0.4, 0.5) is 0 Å². The van der Waals surface area contributed by atoms with Gasteiger partial charge in [-0.05, 0) is 26.0 Å². The second-order valence-corrected chi connectivity index (χ2v) is 8.10. The van der Waals surface area contributed by atoms with Crippen molar-refractivity contribution in [2.45, 2.75) is 44.9 Å². The molecular weight excluding hydrogens is 421 g/mol. The number of hydrogen-bond donors (Lipinski definition) is 1. The van der Waals surface area contributed by atoms with E-state index in [0.717, 1.165) is 24.7 Å². The maximum atomic E-state index is 4.57. The van der Waals surface area contributed by atoms with E-state index in [1.165, 1.54) is 5.56 Å². The Morgan fingerprint density at radius 2 is 2.09 bits per heavy atom. The van der Waals surface area contributed by atoms with Crippen LogP contribution in [0.3, 0.4) is 0 Å². The molecule has 0 saturated carbocycles. The van der Waals surface area contributed by atoms with Gasteiger partial charge in [-0.25, -0.2) is 0 Å². The zero-order valence-electron chi connectivity index (χ0n) is 15.7. The summed E-state index contributed by atoms with van der Waals surface area (Å²) < 4.78 is 2.08. The molecular formula is C16H32IN5S. The van der Waals surface area contributed by atoms with Gasteiger partial charge in [0.25, 0.3) is 0 Å². The number of aryl methyl sites for hydroxylation is 1. The highest BCUT2D eigenvalue weighted by molar-refractivity contribution is 14.0. The van der Waals surface area contributed by atoms with Gasteiger partial charge in [0.2, 0.25) is 0 Å². The molecule has 1 N–H and O–H groups in total. The second-order valence-electron chi connectivity index (χ2n) is 6.59. The molecule has 0 aliphatic carbocycles. The molecule has 1 heterocycles. The van der Waals surface area contributed by atoms with Crippen LogP contribution in [0.2, 0.25) is 0 Å². The lowest BCUT2D eigenvalue weighted by Crippen LogP contribution is -2.43. The van der Waals surface area contributed by atoms with Gasteiger partial charge in [0, 0.05) is 50.7 Å². The van der Waals surface area contributed by atoms with E-state index in [-0.39, 0.29) is 28.7 Å². The summed E-state index contributed by atoms with van der Waals surface area (Å²) in [5.74, 6) is 1.34. The fourth-order valence-electron chi connectivity index (χ4n) is 2.24. The van der Waals surface area contributed by atoms with Gasteiger partial charge in [0.05, 0.1) is 5.69 Å². The van der Waals surface area contributed by atoms with Gasteiger partial charge in [-0.15, -0.1) is 24.0 Å². The maximum Gasteiger partial charge on any atom is 0.193 e. The Labute approximate surface area is 162 Å². The van der Waals surface area contributed by atoms with Gasteiger partial charge in [0.1, 0.15) is 0 Å². The molecule has 0 radical (unpaired) electrons. The Bertz CT molecular complexity index is 511. The molecule has 134 valence electrons. The van der Waals surface area contributed by atoms with Crippen LogP contribution < -0.4 is 5.32 Å². The predicted octanol–water partition coefficient (Wildman–Crippen LogP) is 3.31. The summed E-state index contributed by atoms with van der Waals surface area (Å²) in [5.41, 5.74) is 2.42. The Morgan fingerprint density at radius 1 is 1.48 bits per heavy atom. The van der Waals surface area contributed by atoms with E-state index in [0.29, 0.717) is 5.92 Å². The van der Waals surface area contributed by atoms with Crippen molar-refractivity contribution in [3.63, 3.8) is 0 Å². The van der Waals surface area contributed by atoms with Crippen molar-refractivity contribution in [2.24, 2.45) is 12.0 Å². The van der Waals surface area contributed by atoms with Crippen LogP contribution in [0.5, 0.6) is 0 Å². The monoisotopic (exact) mass is 453 g/mol. The third kappa shape index (κ3) is 6.91. The highest BCUT2D eigenvalue weighted by atomic mass is 127. The largest absolute Gasteiger partial charge is 0.355 e. The quantitative estimate of drug-likeness (QED) is 0.408. The van der Waals surface area contributed by atoms with E-state index < -0.39 is 0 Å². The summed E-state index contributed by atoms with van der Waals surface area (Å²) in [6.07, 6.45) is 4.24. The van der Waals surface area contributed by atoms with E-state index in [1.54, 1.807) is 0 Å². The summed E-state index contributed by atoms with van der Waals surface area (Å²) in [6, 6.07) is 0. The van der Waals surface area contributed by atoms with Crippen molar-refractivity contribution >= 4 is 41.7 Å². The number of nitrogens with one attached hydrogen (secondary N) is 1. The minimum absolute atomic E-state index is 0. The van der Waals surface area contributed by atoms with Crippen LogP contribution in [0.15, 0.2) is 11.2 Å². The first kappa shape index (κ1) is 22.6. The van der Waals surface area contributed by atoms with E-state index in [2.05, 4.69) is 67.5 Å². The average molecular weight is 453 g/mol. The normalized spacial score (nSPS) is 12.3. The van der Waals surface area contributed by atoms with Gasteiger partial charge in [-0.2, -0.15) is 16.9 Å². The number of guanidine groups is 1. The van der Waals surface area contributed by atoms with Crippen LogP contribution >= 0.6 is 35.7 Å². The minimum Gasteiger partial charge on any atom is -0.355 e. The third-order valence-corrected chi connectivity index (χ3v) is 4.94.